The summed E-state index contributed by atoms with van der Waals surface area (Å²) in [4.78, 5) is 11.6. The van der Waals surface area contributed by atoms with E-state index in [1.807, 2.05) is 0 Å². The average molecular weight is 266 g/mol. The number of carbonyl (C=O) groups is 1. The zero-order valence-corrected chi connectivity index (χ0v) is 11.9. The Labute approximate surface area is 107 Å². The zero-order valence-electron chi connectivity index (χ0n) is 11.9. The minimum absolute atomic E-state index is 0.732. The molecule has 0 aromatic heterocycles. The lowest BCUT2D eigenvalue weighted by atomic mass is 9.83. The fraction of sp³-hybridized carbons (Fsp3) is 0.917. The topological polar surface area (TPSA) is 64.3 Å². The molecule has 0 bridgehead atoms. The van der Waals surface area contributed by atoms with Crippen LogP contribution in [0.2, 0.25) is 0 Å². The van der Waals surface area contributed by atoms with Crippen molar-refractivity contribution in [1.29, 1.82) is 0 Å². The first-order valence-corrected chi connectivity index (χ1v) is 5.87. The number of halogens is 2. The Morgan fingerprint density at radius 3 is 1.94 bits per heavy atom. The largest absolute Gasteiger partial charge is 0.444 e. The van der Waals surface area contributed by atoms with Gasteiger partial charge < -0.3 is 15.8 Å². The molecule has 1 amide bonds. The second-order valence-electron chi connectivity index (χ2n) is 6.41. The van der Waals surface area contributed by atoms with Crippen LogP contribution in [0.15, 0.2) is 0 Å². The summed E-state index contributed by atoms with van der Waals surface area (Å²) in [5.74, 6) is -3.19. The van der Waals surface area contributed by atoms with Crippen LogP contribution in [0.3, 0.4) is 0 Å². The molecular formula is C12H24F2N2O2. The Morgan fingerprint density at radius 2 is 1.67 bits per heavy atom. The monoisotopic (exact) mass is 266 g/mol. The van der Waals surface area contributed by atoms with E-state index in [2.05, 4.69) is 5.32 Å². The van der Waals surface area contributed by atoms with Crippen LogP contribution >= 0.6 is 0 Å². The number of nitrogens with one attached hydrogen (secondary N) is 1. The molecule has 0 saturated heterocycles. The Kier molecular flexibility index (Phi) is 5.11. The molecule has 0 radical (unpaired) electrons. The third kappa shape index (κ3) is 5.62. The molecule has 0 heterocycles. The van der Waals surface area contributed by atoms with Gasteiger partial charge in [-0.15, -0.1) is 0 Å². The quantitative estimate of drug-likeness (QED) is 0.825. The van der Waals surface area contributed by atoms with E-state index in [4.69, 9.17) is 10.5 Å². The van der Waals surface area contributed by atoms with Crippen molar-refractivity contribution in [3.8, 4) is 0 Å². The van der Waals surface area contributed by atoms with Gasteiger partial charge in [-0.25, -0.2) is 13.6 Å². The van der Waals surface area contributed by atoms with E-state index in [1.54, 1.807) is 41.5 Å². The lowest BCUT2D eigenvalue weighted by molar-refractivity contribution is -0.0650. The summed E-state index contributed by atoms with van der Waals surface area (Å²) in [5.41, 5.74) is 3.50. The molecule has 0 saturated carbocycles. The summed E-state index contributed by atoms with van der Waals surface area (Å²) < 4.78 is 32.4. The second kappa shape index (κ2) is 5.38. The van der Waals surface area contributed by atoms with Gasteiger partial charge in [0.25, 0.3) is 5.92 Å². The summed E-state index contributed by atoms with van der Waals surface area (Å²) in [5, 5.41) is 2.21. The van der Waals surface area contributed by atoms with Gasteiger partial charge in [0.1, 0.15) is 11.6 Å². The number of nitrogens with two attached hydrogens (primary N) is 1. The molecular weight excluding hydrogens is 242 g/mol. The summed E-state index contributed by atoms with van der Waals surface area (Å²) in [6.07, 6.45) is -0.865. The lowest BCUT2D eigenvalue weighted by Gasteiger charge is -2.37. The Bertz CT molecular complexity index is 293. The Morgan fingerprint density at radius 1 is 1.22 bits per heavy atom. The van der Waals surface area contributed by atoms with Crippen LogP contribution in [-0.2, 0) is 4.74 Å². The number of hydrogen-bond donors (Lipinski definition) is 2. The molecule has 0 spiro atoms. The van der Waals surface area contributed by atoms with Crippen LogP contribution in [0.4, 0.5) is 13.6 Å². The number of carbonyl (C=O) groups excluding carboxylic acids is 1. The van der Waals surface area contributed by atoms with E-state index >= 15 is 0 Å². The number of hydrogen-bond acceptors (Lipinski definition) is 3. The molecule has 0 aromatic carbocycles. The molecule has 3 N–H and O–H groups in total. The van der Waals surface area contributed by atoms with E-state index < -0.39 is 35.6 Å². The van der Waals surface area contributed by atoms with Crippen molar-refractivity contribution in [1.82, 2.24) is 5.32 Å². The van der Waals surface area contributed by atoms with Crippen LogP contribution < -0.4 is 11.1 Å². The zero-order chi connectivity index (χ0) is 14.8. The van der Waals surface area contributed by atoms with Gasteiger partial charge in [0, 0.05) is 0 Å². The normalized spacial score (nSPS) is 15.2. The highest BCUT2D eigenvalue weighted by atomic mass is 19.3. The summed E-state index contributed by atoms with van der Waals surface area (Å²) in [7, 11) is 0. The van der Waals surface area contributed by atoms with E-state index in [9.17, 15) is 13.6 Å². The lowest BCUT2D eigenvalue weighted by Crippen LogP contribution is -2.58. The van der Waals surface area contributed by atoms with Crippen LogP contribution in [0.1, 0.15) is 41.5 Å². The number of alkyl halides is 2. The molecule has 0 aliphatic carbocycles. The molecule has 6 heteroatoms. The van der Waals surface area contributed by atoms with Gasteiger partial charge >= 0.3 is 6.09 Å². The van der Waals surface area contributed by atoms with Crippen molar-refractivity contribution < 1.29 is 18.3 Å². The smallest absolute Gasteiger partial charge is 0.408 e. The van der Waals surface area contributed by atoms with Crippen LogP contribution in [0, 0.1) is 5.41 Å². The van der Waals surface area contributed by atoms with Gasteiger partial charge in [0.05, 0.1) is 6.54 Å². The average Bonchev–Trinajstić information content (AvgIpc) is 2.09. The molecule has 0 aliphatic rings. The van der Waals surface area contributed by atoms with E-state index in [0.29, 0.717) is 0 Å². The third-order valence-electron chi connectivity index (χ3n) is 2.22. The molecule has 1 unspecified atom stereocenters. The number of ether oxygens (including phenoxy) is 1. The third-order valence-corrected chi connectivity index (χ3v) is 2.22. The van der Waals surface area contributed by atoms with Crippen LogP contribution in [-0.4, -0.2) is 30.2 Å². The maximum absolute atomic E-state index is 13.7. The van der Waals surface area contributed by atoms with Crippen LogP contribution in [0.25, 0.3) is 0 Å². The van der Waals surface area contributed by atoms with Crippen molar-refractivity contribution in [2.45, 2.75) is 59.1 Å². The van der Waals surface area contributed by atoms with E-state index in [1.165, 1.54) is 0 Å². The highest BCUT2D eigenvalue weighted by Gasteiger charge is 2.46. The standard InChI is InChI=1S/C12H24F2N2O2/c1-10(2,3)8(12(13,14)7-15)16-9(17)18-11(4,5)6/h8H,7,15H2,1-6H3,(H,16,17). The summed E-state index contributed by atoms with van der Waals surface area (Å²) in [6, 6.07) is -1.38. The molecule has 1 atom stereocenters. The van der Waals surface area contributed by atoms with E-state index in [-0.39, 0.29) is 0 Å². The molecule has 4 nitrogen and oxygen atoms in total. The number of alkyl carbamates (subject to hydrolysis) is 1. The number of rotatable bonds is 3. The fourth-order valence-electron chi connectivity index (χ4n) is 1.50. The molecule has 18 heavy (non-hydrogen) atoms. The first-order valence-electron chi connectivity index (χ1n) is 5.87. The predicted molar refractivity (Wildman–Crippen MR) is 66.6 cm³/mol. The second-order valence-corrected chi connectivity index (χ2v) is 6.41. The summed E-state index contributed by atoms with van der Waals surface area (Å²) in [6.45, 7) is 9.00. The number of amides is 1. The first kappa shape index (κ1) is 17.1. The van der Waals surface area contributed by atoms with Gasteiger partial charge in [-0.2, -0.15) is 0 Å². The summed E-state index contributed by atoms with van der Waals surface area (Å²) >= 11 is 0. The molecule has 0 rings (SSSR count). The van der Waals surface area contributed by atoms with Gasteiger partial charge in [-0.3, -0.25) is 0 Å². The van der Waals surface area contributed by atoms with Crippen molar-refractivity contribution in [3.05, 3.63) is 0 Å². The predicted octanol–water partition coefficient (Wildman–Crippen LogP) is 2.52. The van der Waals surface area contributed by atoms with Gasteiger partial charge in [-0.1, -0.05) is 20.8 Å². The Hall–Kier alpha value is -0.910. The maximum Gasteiger partial charge on any atom is 0.408 e. The molecule has 0 aromatic rings. The maximum atomic E-state index is 13.7. The molecule has 108 valence electrons. The van der Waals surface area contributed by atoms with Crippen molar-refractivity contribution >= 4 is 6.09 Å². The molecule has 0 fully saturated rings. The Balaban J connectivity index is 4.89. The molecule has 0 aliphatic heterocycles. The highest BCUT2D eigenvalue weighted by Crippen LogP contribution is 2.31. The minimum atomic E-state index is -3.19. The van der Waals surface area contributed by atoms with Crippen molar-refractivity contribution in [2.75, 3.05) is 6.54 Å². The van der Waals surface area contributed by atoms with Gasteiger partial charge in [0.2, 0.25) is 0 Å². The fourth-order valence-corrected chi connectivity index (χ4v) is 1.50. The van der Waals surface area contributed by atoms with Crippen LogP contribution in [0.5, 0.6) is 0 Å². The SMILES string of the molecule is CC(C)(C)OC(=O)NC(C(C)(C)C)C(F)(F)CN. The van der Waals surface area contributed by atoms with Gasteiger partial charge in [0.15, 0.2) is 0 Å². The van der Waals surface area contributed by atoms with Crippen molar-refractivity contribution in [2.24, 2.45) is 11.1 Å². The van der Waals surface area contributed by atoms with Gasteiger partial charge in [-0.05, 0) is 26.2 Å². The highest BCUT2D eigenvalue weighted by molar-refractivity contribution is 5.68. The van der Waals surface area contributed by atoms with E-state index in [0.717, 1.165) is 0 Å². The van der Waals surface area contributed by atoms with Crippen molar-refractivity contribution in [3.63, 3.8) is 0 Å². The minimum Gasteiger partial charge on any atom is -0.444 e. The first-order chi connectivity index (χ1) is 7.79.